The first-order chi connectivity index (χ1) is 12.6. The lowest BCUT2D eigenvalue weighted by atomic mass is 9.91. The van der Waals surface area contributed by atoms with E-state index in [9.17, 15) is 4.79 Å². The number of amides is 1. The van der Waals surface area contributed by atoms with Crippen molar-refractivity contribution in [3.63, 3.8) is 0 Å². The van der Waals surface area contributed by atoms with Crippen LogP contribution in [-0.4, -0.2) is 40.9 Å². The van der Waals surface area contributed by atoms with Crippen LogP contribution in [0.25, 0.3) is 0 Å². The Morgan fingerprint density at radius 2 is 2.19 bits per heavy atom. The molecule has 8 nitrogen and oxygen atoms in total. The summed E-state index contributed by atoms with van der Waals surface area (Å²) in [5.41, 5.74) is 0. The summed E-state index contributed by atoms with van der Waals surface area (Å²) in [4.78, 5) is 20.8. The second kappa shape index (κ2) is 8.75. The molecule has 1 aliphatic heterocycles. The summed E-state index contributed by atoms with van der Waals surface area (Å²) in [6, 6.07) is 3.16. The molecule has 1 saturated heterocycles. The van der Waals surface area contributed by atoms with Gasteiger partial charge in [-0.05, 0) is 30.9 Å². The van der Waals surface area contributed by atoms with Crippen LogP contribution < -0.4 is 10.1 Å². The maximum atomic E-state index is 12.4. The molecule has 1 aliphatic rings. The van der Waals surface area contributed by atoms with Gasteiger partial charge in [0.1, 0.15) is 11.8 Å². The van der Waals surface area contributed by atoms with Gasteiger partial charge < -0.3 is 19.3 Å². The van der Waals surface area contributed by atoms with Crippen molar-refractivity contribution in [2.24, 2.45) is 5.92 Å². The van der Waals surface area contributed by atoms with Gasteiger partial charge in [0, 0.05) is 25.3 Å². The number of ether oxygens (including phenoxy) is 2. The van der Waals surface area contributed by atoms with Gasteiger partial charge in [-0.15, -0.1) is 0 Å². The van der Waals surface area contributed by atoms with Gasteiger partial charge in [-0.1, -0.05) is 19.0 Å². The van der Waals surface area contributed by atoms with Crippen molar-refractivity contribution in [3.8, 4) is 5.75 Å². The first kappa shape index (κ1) is 18.3. The van der Waals surface area contributed by atoms with Gasteiger partial charge in [0.2, 0.25) is 5.89 Å². The van der Waals surface area contributed by atoms with E-state index in [0.717, 1.165) is 12.8 Å². The fraction of sp³-hybridized carbons (Fsp3) is 0.556. The number of aromatic nitrogens is 3. The highest BCUT2D eigenvalue weighted by molar-refractivity contribution is 5.77. The van der Waals surface area contributed by atoms with E-state index in [0.29, 0.717) is 30.7 Å². The smallest absolute Gasteiger partial charge is 0.258 e. The number of carbonyl (C=O) groups is 1. The van der Waals surface area contributed by atoms with Crippen LogP contribution >= 0.6 is 0 Å². The normalized spacial score (nSPS) is 16.4. The Balaban J connectivity index is 1.67. The lowest BCUT2D eigenvalue weighted by molar-refractivity contribution is -0.124. The van der Waals surface area contributed by atoms with E-state index >= 15 is 0 Å². The minimum Gasteiger partial charge on any atom is -0.482 e. The topological polar surface area (TPSA) is 99.4 Å². The van der Waals surface area contributed by atoms with Crippen molar-refractivity contribution in [2.75, 3.05) is 19.8 Å². The Morgan fingerprint density at radius 3 is 2.85 bits per heavy atom. The largest absolute Gasteiger partial charge is 0.482 e. The maximum Gasteiger partial charge on any atom is 0.258 e. The monoisotopic (exact) mass is 360 g/mol. The van der Waals surface area contributed by atoms with Crippen molar-refractivity contribution in [1.29, 1.82) is 0 Å². The third kappa shape index (κ3) is 4.78. The van der Waals surface area contributed by atoms with Gasteiger partial charge >= 0.3 is 0 Å². The standard InChI is InChI=1S/C18H24N4O4/c1-12(2)17-21-18(26-22-17)16(13-5-8-24-9-6-13)20-15(23)11-25-14-4-3-7-19-10-14/h3-4,7,10,12-13,16H,5-6,8-9,11H2,1-2H3,(H,20,23)/t16-/m0/s1. The lowest BCUT2D eigenvalue weighted by Gasteiger charge is -2.28. The SMILES string of the molecule is CC(C)c1noc([C@@H](NC(=O)COc2cccnc2)C2CCOCC2)n1. The van der Waals surface area contributed by atoms with Gasteiger partial charge in [0.15, 0.2) is 12.4 Å². The molecule has 1 fully saturated rings. The third-order valence-electron chi connectivity index (χ3n) is 4.30. The molecule has 8 heteroatoms. The zero-order chi connectivity index (χ0) is 18.4. The highest BCUT2D eigenvalue weighted by Crippen LogP contribution is 2.30. The summed E-state index contributed by atoms with van der Waals surface area (Å²) in [6.07, 6.45) is 4.87. The van der Waals surface area contributed by atoms with Crippen LogP contribution in [0.2, 0.25) is 0 Å². The molecule has 1 atom stereocenters. The number of nitrogens with zero attached hydrogens (tertiary/aromatic N) is 3. The molecule has 1 amide bonds. The minimum atomic E-state index is -0.344. The fourth-order valence-corrected chi connectivity index (χ4v) is 2.83. The van der Waals surface area contributed by atoms with E-state index < -0.39 is 0 Å². The average molecular weight is 360 g/mol. The molecule has 0 saturated carbocycles. The number of hydrogen-bond acceptors (Lipinski definition) is 7. The molecule has 0 aliphatic carbocycles. The summed E-state index contributed by atoms with van der Waals surface area (Å²) >= 11 is 0. The predicted molar refractivity (Wildman–Crippen MR) is 92.5 cm³/mol. The minimum absolute atomic E-state index is 0.101. The summed E-state index contributed by atoms with van der Waals surface area (Å²) in [5, 5.41) is 7.01. The predicted octanol–water partition coefficient (Wildman–Crippen LogP) is 2.25. The summed E-state index contributed by atoms with van der Waals surface area (Å²) in [7, 11) is 0. The van der Waals surface area contributed by atoms with E-state index in [1.807, 2.05) is 13.8 Å². The third-order valence-corrected chi connectivity index (χ3v) is 4.30. The van der Waals surface area contributed by atoms with Crippen molar-refractivity contribution < 1.29 is 18.8 Å². The van der Waals surface area contributed by atoms with E-state index in [2.05, 4.69) is 20.4 Å². The molecular weight excluding hydrogens is 336 g/mol. The molecule has 2 aromatic rings. The molecule has 0 aromatic carbocycles. The molecule has 3 heterocycles. The lowest BCUT2D eigenvalue weighted by Crippen LogP contribution is -2.38. The molecule has 26 heavy (non-hydrogen) atoms. The van der Waals surface area contributed by atoms with Crippen molar-refractivity contribution >= 4 is 5.91 Å². The highest BCUT2D eigenvalue weighted by Gasteiger charge is 2.31. The first-order valence-corrected chi connectivity index (χ1v) is 8.87. The Hall–Kier alpha value is -2.48. The summed E-state index contributed by atoms with van der Waals surface area (Å²) < 4.78 is 16.3. The summed E-state index contributed by atoms with van der Waals surface area (Å²) in [5.74, 6) is 1.73. The van der Waals surface area contributed by atoms with Crippen LogP contribution in [-0.2, 0) is 9.53 Å². The number of pyridine rings is 1. The van der Waals surface area contributed by atoms with Crippen molar-refractivity contribution in [2.45, 2.75) is 38.6 Å². The van der Waals surface area contributed by atoms with Gasteiger partial charge in [0.25, 0.3) is 5.91 Å². The number of nitrogens with one attached hydrogen (secondary N) is 1. The molecule has 0 spiro atoms. The molecule has 2 aromatic heterocycles. The van der Waals surface area contributed by atoms with Crippen LogP contribution in [0.4, 0.5) is 0 Å². The van der Waals surface area contributed by atoms with Gasteiger partial charge in [-0.2, -0.15) is 4.98 Å². The molecular formula is C18H24N4O4. The number of carbonyl (C=O) groups excluding carboxylic acids is 1. The second-order valence-corrected chi connectivity index (χ2v) is 6.62. The van der Waals surface area contributed by atoms with Crippen LogP contribution in [0.3, 0.4) is 0 Å². The zero-order valence-corrected chi connectivity index (χ0v) is 15.1. The van der Waals surface area contributed by atoms with Crippen molar-refractivity contribution in [1.82, 2.24) is 20.4 Å². The van der Waals surface area contributed by atoms with Crippen LogP contribution in [0.5, 0.6) is 5.75 Å². The zero-order valence-electron chi connectivity index (χ0n) is 15.1. The van der Waals surface area contributed by atoms with Crippen molar-refractivity contribution in [3.05, 3.63) is 36.2 Å². The second-order valence-electron chi connectivity index (χ2n) is 6.62. The fourth-order valence-electron chi connectivity index (χ4n) is 2.83. The van der Waals surface area contributed by atoms with Crippen LogP contribution in [0.1, 0.15) is 50.4 Å². The first-order valence-electron chi connectivity index (χ1n) is 8.87. The van der Waals surface area contributed by atoms with E-state index in [1.54, 1.807) is 24.5 Å². The molecule has 0 bridgehead atoms. The van der Waals surface area contributed by atoms with Crippen LogP contribution in [0.15, 0.2) is 29.0 Å². The van der Waals surface area contributed by atoms with Gasteiger partial charge in [0.05, 0.1) is 6.20 Å². The molecule has 0 radical (unpaired) electrons. The number of rotatable bonds is 7. The van der Waals surface area contributed by atoms with Gasteiger partial charge in [-0.25, -0.2) is 0 Å². The average Bonchev–Trinajstić information content (AvgIpc) is 3.16. The number of hydrogen-bond donors (Lipinski definition) is 1. The van der Waals surface area contributed by atoms with Crippen LogP contribution in [0, 0.1) is 5.92 Å². The summed E-state index contributed by atoms with van der Waals surface area (Å²) in [6.45, 7) is 5.22. The molecule has 1 N–H and O–H groups in total. The Morgan fingerprint density at radius 1 is 1.38 bits per heavy atom. The van der Waals surface area contributed by atoms with E-state index in [1.165, 1.54) is 0 Å². The quantitative estimate of drug-likeness (QED) is 0.808. The Bertz CT molecular complexity index is 698. The Labute approximate surface area is 152 Å². The molecule has 140 valence electrons. The highest BCUT2D eigenvalue weighted by atomic mass is 16.5. The van der Waals surface area contributed by atoms with E-state index in [-0.39, 0.29) is 30.4 Å². The maximum absolute atomic E-state index is 12.4. The molecule has 0 unspecified atom stereocenters. The Kier molecular flexibility index (Phi) is 6.17. The van der Waals surface area contributed by atoms with E-state index in [4.69, 9.17) is 14.0 Å². The van der Waals surface area contributed by atoms with Gasteiger partial charge in [-0.3, -0.25) is 9.78 Å². The molecule has 3 rings (SSSR count).